The summed E-state index contributed by atoms with van der Waals surface area (Å²) in [7, 11) is 0. The minimum atomic E-state index is -0.146. The highest BCUT2D eigenvalue weighted by atomic mass is 32.1. The molecule has 0 aliphatic carbocycles. The van der Waals surface area contributed by atoms with Gasteiger partial charge in [0.2, 0.25) is 0 Å². The number of carbonyl (C=O) groups excluding carboxylic acids is 1. The van der Waals surface area contributed by atoms with E-state index in [2.05, 4.69) is 10.3 Å². The van der Waals surface area contributed by atoms with Gasteiger partial charge in [-0.05, 0) is 47.7 Å². The number of aryl methyl sites for hydroxylation is 1. The second-order valence-corrected chi connectivity index (χ2v) is 6.31. The number of aromatic nitrogens is 1. The number of pyridine rings is 1. The van der Waals surface area contributed by atoms with Crippen LogP contribution in [0.5, 0.6) is 5.75 Å². The molecule has 5 heteroatoms. The van der Waals surface area contributed by atoms with Gasteiger partial charge in [0.05, 0.1) is 10.6 Å². The minimum absolute atomic E-state index is 0.00766. The highest BCUT2D eigenvalue weighted by Gasteiger charge is 2.06. The molecule has 122 valence electrons. The monoisotopic (exact) mass is 338 g/mol. The molecular formula is C19H18N2O2S. The fourth-order valence-electron chi connectivity index (χ4n) is 2.26. The molecule has 0 saturated carbocycles. The molecule has 1 aromatic carbocycles. The molecule has 0 aliphatic heterocycles. The lowest BCUT2D eigenvalue weighted by molar-refractivity contribution is -0.123. The molecule has 3 aromatic rings. The van der Waals surface area contributed by atoms with Gasteiger partial charge in [-0.15, -0.1) is 11.3 Å². The third kappa shape index (κ3) is 4.20. The average molecular weight is 338 g/mol. The van der Waals surface area contributed by atoms with Gasteiger partial charge in [-0.2, -0.15) is 0 Å². The summed E-state index contributed by atoms with van der Waals surface area (Å²) >= 11 is 1.65. The summed E-state index contributed by atoms with van der Waals surface area (Å²) in [4.78, 5) is 17.4. The van der Waals surface area contributed by atoms with Crippen molar-refractivity contribution in [1.29, 1.82) is 0 Å². The first-order chi connectivity index (χ1) is 11.7. The van der Waals surface area contributed by atoms with Gasteiger partial charge in [0.15, 0.2) is 6.61 Å². The van der Waals surface area contributed by atoms with Crippen LogP contribution in [0.4, 0.5) is 0 Å². The average Bonchev–Trinajstić information content (AvgIpc) is 3.14. The van der Waals surface area contributed by atoms with Gasteiger partial charge in [-0.1, -0.05) is 24.3 Å². The molecule has 0 radical (unpaired) electrons. The van der Waals surface area contributed by atoms with E-state index in [9.17, 15) is 4.79 Å². The largest absolute Gasteiger partial charge is 0.484 e. The molecule has 4 nitrogen and oxygen atoms in total. The third-order valence-electron chi connectivity index (χ3n) is 3.54. The zero-order chi connectivity index (χ0) is 16.8. The van der Waals surface area contributed by atoms with Gasteiger partial charge in [0.25, 0.3) is 5.91 Å². The van der Waals surface area contributed by atoms with Crippen molar-refractivity contribution in [2.24, 2.45) is 0 Å². The van der Waals surface area contributed by atoms with Gasteiger partial charge < -0.3 is 10.1 Å². The number of thiophene rings is 1. The van der Waals surface area contributed by atoms with Gasteiger partial charge in [-0.3, -0.25) is 9.78 Å². The van der Waals surface area contributed by atoms with Crippen molar-refractivity contribution in [3.05, 3.63) is 71.2 Å². The lowest BCUT2D eigenvalue weighted by Gasteiger charge is -2.09. The maximum atomic E-state index is 12.0. The molecule has 24 heavy (non-hydrogen) atoms. The molecule has 1 amide bonds. The normalized spacial score (nSPS) is 10.4. The summed E-state index contributed by atoms with van der Waals surface area (Å²) in [6.45, 7) is 2.42. The Labute approximate surface area is 145 Å². The Bertz CT molecular complexity index is 816. The second kappa shape index (κ2) is 7.75. The molecule has 1 N–H and O–H groups in total. The molecule has 2 heterocycles. The molecule has 2 aromatic heterocycles. The second-order valence-electron chi connectivity index (χ2n) is 5.36. The fraction of sp³-hybridized carbons (Fsp3) is 0.158. The Morgan fingerprint density at radius 3 is 2.88 bits per heavy atom. The molecular weight excluding hydrogens is 320 g/mol. The number of hydrogen-bond donors (Lipinski definition) is 1. The van der Waals surface area contributed by atoms with Crippen LogP contribution >= 0.6 is 11.3 Å². The predicted octanol–water partition coefficient (Wildman–Crippen LogP) is 3.81. The van der Waals surface area contributed by atoms with Crippen molar-refractivity contribution in [1.82, 2.24) is 10.3 Å². The Morgan fingerprint density at radius 2 is 2.08 bits per heavy atom. The first-order valence-electron chi connectivity index (χ1n) is 7.66. The number of nitrogens with one attached hydrogen (secondary N) is 1. The van der Waals surface area contributed by atoms with Crippen molar-refractivity contribution >= 4 is 17.2 Å². The molecule has 0 saturated heterocycles. The van der Waals surface area contributed by atoms with E-state index in [1.807, 2.05) is 60.8 Å². The zero-order valence-corrected chi connectivity index (χ0v) is 14.2. The minimum Gasteiger partial charge on any atom is -0.484 e. The molecule has 0 bridgehead atoms. The highest BCUT2D eigenvalue weighted by molar-refractivity contribution is 7.13. The summed E-state index contributed by atoms with van der Waals surface area (Å²) in [5.41, 5.74) is 2.95. The zero-order valence-electron chi connectivity index (χ0n) is 13.4. The van der Waals surface area contributed by atoms with Gasteiger partial charge >= 0.3 is 0 Å². The van der Waals surface area contributed by atoms with E-state index in [1.54, 1.807) is 17.5 Å². The molecule has 3 rings (SSSR count). The number of ether oxygens (including phenoxy) is 1. The van der Waals surface area contributed by atoms with Crippen LogP contribution in [-0.2, 0) is 11.3 Å². The van der Waals surface area contributed by atoms with Crippen LogP contribution in [0.3, 0.4) is 0 Å². The highest BCUT2D eigenvalue weighted by Crippen LogP contribution is 2.23. The van der Waals surface area contributed by atoms with Gasteiger partial charge in [-0.25, -0.2) is 0 Å². The maximum absolute atomic E-state index is 12.0. The van der Waals surface area contributed by atoms with Crippen LogP contribution < -0.4 is 10.1 Å². The van der Waals surface area contributed by atoms with E-state index in [0.717, 1.165) is 27.4 Å². The van der Waals surface area contributed by atoms with E-state index in [-0.39, 0.29) is 12.5 Å². The van der Waals surface area contributed by atoms with Crippen LogP contribution in [0.15, 0.2) is 60.1 Å². The first-order valence-corrected chi connectivity index (χ1v) is 8.54. The number of hydrogen-bond acceptors (Lipinski definition) is 4. The number of rotatable bonds is 6. The quantitative estimate of drug-likeness (QED) is 0.743. The number of nitrogens with zero attached hydrogens (tertiary/aromatic N) is 1. The third-order valence-corrected chi connectivity index (χ3v) is 4.43. The molecule has 0 aliphatic rings. The predicted molar refractivity (Wildman–Crippen MR) is 96.1 cm³/mol. The standard InChI is InChI=1S/C19H18N2O2S/c1-14-5-2-3-6-17(14)23-13-19(22)21-12-15-8-9-20-16(11-15)18-7-4-10-24-18/h2-11H,12-13H2,1H3,(H,21,22). The summed E-state index contributed by atoms with van der Waals surface area (Å²) in [6, 6.07) is 15.6. The SMILES string of the molecule is Cc1ccccc1OCC(=O)NCc1ccnc(-c2cccs2)c1. The molecule has 0 fully saturated rings. The lowest BCUT2D eigenvalue weighted by atomic mass is 10.2. The van der Waals surface area contributed by atoms with Crippen LogP contribution in [0.1, 0.15) is 11.1 Å². The topological polar surface area (TPSA) is 51.2 Å². The smallest absolute Gasteiger partial charge is 0.258 e. The first kappa shape index (κ1) is 16.2. The number of carbonyl (C=O) groups is 1. The van der Waals surface area contributed by atoms with Crippen molar-refractivity contribution in [3.8, 4) is 16.3 Å². The lowest BCUT2D eigenvalue weighted by Crippen LogP contribution is -2.28. The maximum Gasteiger partial charge on any atom is 0.258 e. The van der Waals surface area contributed by atoms with Crippen molar-refractivity contribution in [2.45, 2.75) is 13.5 Å². The van der Waals surface area contributed by atoms with Gasteiger partial charge in [0, 0.05) is 12.7 Å². The summed E-state index contributed by atoms with van der Waals surface area (Å²) in [6.07, 6.45) is 1.76. The van der Waals surface area contributed by atoms with Crippen LogP contribution in [-0.4, -0.2) is 17.5 Å². The molecule has 0 spiro atoms. The van der Waals surface area contributed by atoms with Crippen LogP contribution in [0, 0.1) is 6.92 Å². The van der Waals surface area contributed by atoms with Crippen molar-refractivity contribution < 1.29 is 9.53 Å². The van der Waals surface area contributed by atoms with Crippen molar-refractivity contribution in [3.63, 3.8) is 0 Å². The van der Waals surface area contributed by atoms with Crippen molar-refractivity contribution in [2.75, 3.05) is 6.61 Å². The Hall–Kier alpha value is -2.66. The van der Waals surface area contributed by atoms with E-state index in [4.69, 9.17) is 4.74 Å². The summed E-state index contributed by atoms with van der Waals surface area (Å²) < 4.78 is 5.55. The Morgan fingerprint density at radius 1 is 1.21 bits per heavy atom. The van der Waals surface area contributed by atoms with E-state index in [0.29, 0.717) is 6.54 Å². The number of para-hydroxylation sites is 1. The van der Waals surface area contributed by atoms with Crippen LogP contribution in [0.2, 0.25) is 0 Å². The van der Waals surface area contributed by atoms with E-state index < -0.39 is 0 Å². The van der Waals surface area contributed by atoms with Gasteiger partial charge in [0.1, 0.15) is 5.75 Å². The summed E-state index contributed by atoms with van der Waals surface area (Å²) in [5, 5.41) is 4.90. The molecule has 0 atom stereocenters. The Kier molecular flexibility index (Phi) is 5.23. The fourth-order valence-corrected chi connectivity index (χ4v) is 2.95. The van der Waals surface area contributed by atoms with E-state index >= 15 is 0 Å². The molecule has 0 unspecified atom stereocenters. The number of amides is 1. The van der Waals surface area contributed by atoms with Crippen LogP contribution in [0.25, 0.3) is 10.6 Å². The van der Waals surface area contributed by atoms with E-state index in [1.165, 1.54) is 0 Å². The summed E-state index contributed by atoms with van der Waals surface area (Å²) in [5.74, 6) is 0.587. The Balaban J connectivity index is 1.53. The number of benzene rings is 1.